The molecule has 0 bridgehead atoms. The van der Waals surface area contributed by atoms with E-state index in [1.807, 2.05) is 18.7 Å². The number of hydrogen-bond acceptors (Lipinski definition) is 1. The molecule has 0 nitrogen and oxygen atoms in total. The maximum Gasteiger partial charge on any atom is 0.0238 e. The molecule has 0 saturated carbocycles. The first kappa shape index (κ1) is 8.64. The third kappa shape index (κ3) is 1.70. The standard InChI is InChI=1S/C12H12S/c1-2-3-6-10-9-13-12-8-5-4-7-11(10)12/h2-8H,9H2,1H3/b3-2-,10-6+. The Morgan fingerprint density at radius 2 is 2.15 bits per heavy atom. The molecule has 1 heterocycles. The van der Waals surface area contributed by atoms with Gasteiger partial charge in [0.15, 0.2) is 0 Å². The smallest absolute Gasteiger partial charge is 0.0238 e. The Morgan fingerprint density at radius 3 is 3.00 bits per heavy atom. The summed E-state index contributed by atoms with van der Waals surface area (Å²) in [6.45, 7) is 2.05. The molecule has 0 radical (unpaired) electrons. The fourth-order valence-corrected chi connectivity index (χ4v) is 2.53. The Balaban J connectivity index is 2.38. The molecule has 0 unspecified atom stereocenters. The van der Waals surface area contributed by atoms with Gasteiger partial charge in [-0.2, -0.15) is 0 Å². The second-order valence-electron chi connectivity index (χ2n) is 3.00. The topological polar surface area (TPSA) is 0 Å². The molecule has 1 aliphatic heterocycles. The maximum atomic E-state index is 2.21. The van der Waals surface area contributed by atoms with Gasteiger partial charge >= 0.3 is 0 Å². The third-order valence-corrected chi connectivity index (χ3v) is 3.23. The number of hydrogen-bond donors (Lipinski definition) is 0. The van der Waals surface area contributed by atoms with E-state index in [4.69, 9.17) is 0 Å². The molecular weight excluding hydrogens is 176 g/mol. The Morgan fingerprint density at radius 1 is 1.31 bits per heavy atom. The van der Waals surface area contributed by atoms with Crippen LogP contribution in [0.25, 0.3) is 5.57 Å². The van der Waals surface area contributed by atoms with E-state index in [0.29, 0.717) is 0 Å². The summed E-state index contributed by atoms with van der Waals surface area (Å²) in [5, 5.41) is 0. The van der Waals surface area contributed by atoms with Crippen LogP contribution in [0.15, 0.2) is 47.4 Å². The quantitative estimate of drug-likeness (QED) is 0.646. The van der Waals surface area contributed by atoms with Crippen LogP contribution in [0.4, 0.5) is 0 Å². The summed E-state index contributed by atoms with van der Waals surface area (Å²) in [6.07, 6.45) is 6.38. The highest BCUT2D eigenvalue weighted by molar-refractivity contribution is 8.00. The van der Waals surface area contributed by atoms with Gasteiger partial charge in [-0.25, -0.2) is 0 Å². The largest absolute Gasteiger partial charge is 0.121 e. The van der Waals surface area contributed by atoms with E-state index >= 15 is 0 Å². The molecule has 0 fully saturated rings. The number of benzene rings is 1. The second-order valence-corrected chi connectivity index (χ2v) is 4.02. The van der Waals surface area contributed by atoms with Crippen molar-refractivity contribution in [2.24, 2.45) is 0 Å². The molecule has 1 aliphatic rings. The first-order valence-electron chi connectivity index (χ1n) is 4.46. The molecular formula is C12H12S. The van der Waals surface area contributed by atoms with E-state index in [2.05, 4.69) is 42.5 Å². The van der Waals surface area contributed by atoms with E-state index in [0.717, 1.165) is 5.75 Å². The highest BCUT2D eigenvalue weighted by Gasteiger charge is 2.14. The Kier molecular flexibility index (Phi) is 2.55. The van der Waals surface area contributed by atoms with Gasteiger partial charge in [-0.15, -0.1) is 11.8 Å². The summed E-state index contributed by atoms with van der Waals surface area (Å²) in [4.78, 5) is 1.42. The number of fused-ring (bicyclic) bond motifs is 1. The molecule has 0 N–H and O–H groups in total. The first-order valence-corrected chi connectivity index (χ1v) is 5.44. The van der Waals surface area contributed by atoms with Crippen molar-refractivity contribution in [2.45, 2.75) is 11.8 Å². The third-order valence-electron chi connectivity index (χ3n) is 2.11. The maximum absolute atomic E-state index is 2.21. The van der Waals surface area contributed by atoms with E-state index in [1.54, 1.807) is 0 Å². The van der Waals surface area contributed by atoms with Gasteiger partial charge in [-0.05, 0) is 24.1 Å². The van der Waals surface area contributed by atoms with Gasteiger partial charge in [0.1, 0.15) is 0 Å². The summed E-state index contributed by atoms with van der Waals surface area (Å²) in [5.41, 5.74) is 2.85. The van der Waals surface area contributed by atoms with Gasteiger partial charge in [-0.1, -0.05) is 36.4 Å². The summed E-state index contributed by atoms with van der Waals surface area (Å²) >= 11 is 1.92. The first-order chi connectivity index (χ1) is 6.42. The average molecular weight is 188 g/mol. The Labute approximate surface area is 83.4 Å². The van der Waals surface area contributed by atoms with Crippen molar-refractivity contribution >= 4 is 17.3 Å². The van der Waals surface area contributed by atoms with E-state index in [-0.39, 0.29) is 0 Å². The molecule has 0 atom stereocenters. The molecule has 13 heavy (non-hydrogen) atoms. The van der Waals surface area contributed by atoms with E-state index in [9.17, 15) is 0 Å². The van der Waals surface area contributed by atoms with Gasteiger partial charge in [0.25, 0.3) is 0 Å². The van der Waals surface area contributed by atoms with Crippen molar-refractivity contribution < 1.29 is 0 Å². The number of allylic oxidation sites excluding steroid dienone is 3. The van der Waals surface area contributed by atoms with Crippen molar-refractivity contribution in [1.82, 2.24) is 0 Å². The minimum Gasteiger partial charge on any atom is -0.121 e. The number of rotatable bonds is 1. The molecule has 1 heteroatoms. The molecule has 66 valence electrons. The summed E-state index contributed by atoms with van der Waals surface area (Å²) < 4.78 is 0. The lowest BCUT2D eigenvalue weighted by Crippen LogP contribution is -1.78. The van der Waals surface area contributed by atoms with Gasteiger partial charge in [0, 0.05) is 10.6 Å². The van der Waals surface area contributed by atoms with Crippen molar-refractivity contribution in [3.05, 3.63) is 48.1 Å². The highest BCUT2D eigenvalue weighted by Crippen LogP contribution is 2.38. The predicted molar refractivity (Wildman–Crippen MR) is 60.0 cm³/mol. The van der Waals surface area contributed by atoms with Gasteiger partial charge in [0.2, 0.25) is 0 Å². The van der Waals surface area contributed by atoms with Crippen LogP contribution in [0.5, 0.6) is 0 Å². The Hall–Kier alpha value is -0.950. The molecule has 2 rings (SSSR count). The summed E-state index contributed by atoms with van der Waals surface area (Å²) in [7, 11) is 0. The van der Waals surface area contributed by atoms with Crippen molar-refractivity contribution in [2.75, 3.05) is 5.75 Å². The van der Waals surface area contributed by atoms with Crippen LogP contribution in [-0.4, -0.2) is 5.75 Å². The molecule has 0 aromatic heterocycles. The monoisotopic (exact) mass is 188 g/mol. The van der Waals surface area contributed by atoms with Crippen LogP contribution >= 0.6 is 11.8 Å². The lowest BCUT2D eigenvalue weighted by atomic mass is 10.1. The zero-order chi connectivity index (χ0) is 9.10. The van der Waals surface area contributed by atoms with E-state index in [1.165, 1.54) is 16.0 Å². The summed E-state index contributed by atoms with van der Waals surface area (Å²) in [6, 6.07) is 8.60. The highest BCUT2D eigenvalue weighted by atomic mass is 32.2. The normalized spacial score (nSPS) is 18.4. The fourth-order valence-electron chi connectivity index (χ4n) is 1.44. The van der Waals surface area contributed by atoms with Crippen LogP contribution in [0.3, 0.4) is 0 Å². The minimum atomic E-state index is 1.11. The minimum absolute atomic E-state index is 1.11. The van der Waals surface area contributed by atoms with Crippen LogP contribution in [0.1, 0.15) is 12.5 Å². The van der Waals surface area contributed by atoms with Crippen LogP contribution < -0.4 is 0 Å². The van der Waals surface area contributed by atoms with Crippen LogP contribution in [0.2, 0.25) is 0 Å². The second kappa shape index (κ2) is 3.84. The Bertz CT molecular complexity index is 361. The molecule has 0 saturated heterocycles. The van der Waals surface area contributed by atoms with Gasteiger partial charge in [-0.3, -0.25) is 0 Å². The molecule has 1 aromatic carbocycles. The molecule has 0 spiro atoms. The zero-order valence-electron chi connectivity index (χ0n) is 7.66. The zero-order valence-corrected chi connectivity index (χ0v) is 8.47. The van der Waals surface area contributed by atoms with Gasteiger partial charge in [0.05, 0.1) is 0 Å². The summed E-state index contributed by atoms with van der Waals surface area (Å²) in [5.74, 6) is 1.11. The lowest BCUT2D eigenvalue weighted by molar-refractivity contribution is 1.43. The van der Waals surface area contributed by atoms with E-state index < -0.39 is 0 Å². The van der Waals surface area contributed by atoms with Crippen molar-refractivity contribution in [3.63, 3.8) is 0 Å². The predicted octanol–water partition coefficient (Wildman–Crippen LogP) is 3.75. The molecule has 1 aromatic rings. The van der Waals surface area contributed by atoms with Gasteiger partial charge < -0.3 is 0 Å². The SMILES string of the molecule is C/C=C\C=C1/CSc2ccccc21. The van der Waals surface area contributed by atoms with Crippen LogP contribution in [0, 0.1) is 0 Å². The lowest BCUT2D eigenvalue weighted by Gasteiger charge is -1.96. The number of thioether (sulfide) groups is 1. The average Bonchev–Trinajstić information content (AvgIpc) is 2.58. The molecule has 0 aliphatic carbocycles. The van der Waals surface area contributed by atoms with Crippen molar-refractivity contribution in [1.29, 1.82) is 0 Å². The fraction of sp³-hybridized carbons (Fsp3) is 0.167. The van der Waals surface area contributed by atoms with Crippen LogP contribution in [-0.2, 0) is 0 Å². The van der Waals surface area contributed by atoms with Crippen molar-refractivity contribution in [3.8, 4) is 0 Å². The molecule has 0 amide bonds.